The lowest BCUT2D eigenvalue weighted by Gasteiger charge is -2.25. The Morgan fingerprint density at radius 1 is 1.32 bits per heavy atom. The summed E-state index contributed by atoms with van der Waals surface area (Å²) in [6.45, 7) is 2.00. The molecule has 0 aromatic carbocycles. The average molecular weight is 264 g/mol. The predicted molar refractivity (Wildman–Crippen MR) is 68.8 cm³/mol. The first-order chi connectivity index (χ1) is 9.29. The summed E-state index contributed by atoms with van der Waals surface area (Å²) in [7, 11) is 0. The maximum Gasteiger partial charge on any atom is 0.221 e. The van der Waals surface area contributed by atoms with Gasteiger partial charge in [-0.2, -0.15) is 0 Å². The first-order valence-electron chi connectivity index (χ1n) is 6.45. The highest BCUT2D eigenvalue weighted by Crippen LogP contribution is 2.25. The van der Waals surface area contributed by atoms with E-state index in [1.807, 2.05) is 0 Å². The van der Waals surface area contributed by atoms with E-state index in [0.717, 1.165) is 19.3 Å². The summed E-state index contributed by atoms with van der Waals surface area (Å²) in [6.07, 6.45) is 3.22. The van der Waals surface area contributed by atoms with Gasteiger partial charge in [-0.25, -0.2) is 14.4 Å². The molecule has 19 heavy (non-hydrogen) atoms. The van der Waals surface area contributed by atoms with E-state index in [4.69, 9.17) is 9.47 Å². The van der Waals surface area contributed by atoms with Gasteiger partial charge in [0.25, 0.3) is 0 Å². The molecule has 102 valence electrons. The van der Waals surface area contributed by atoms with E-state index < -0.39 is 12.3 Å². The van der Waals surface area contributed by atoms with Crippen molar-refractivity contribution in [2.45, 2.75) is 44.9 Å². The lowest BCUT2D eigenvalue weighted by atomic mass is 9.96. The molecule has 5 heteroatoms. The van der Waals surface area contributed by atoms with Crippen molar-refractivity contribution in [3.8, 4) is 23.6 Å². The molecule has 4 nitrogen and oxygen atoms in total. The van der Waals surface area contributed by atoms with Crippen LogP contribution in [-0.2, 0) is 0 Å². The van der Waals surface area contributed by atoms with Crippen LogP contribution < -0.4 is 9.47 Å². The van der Waals surface area contributed by atoms with Crippen molar-refractivity contribution in [1.82, 2.24) is 9.97 Å². The smallest absolute Gasteiger partial charge is 0.221 e. The molecule has 1 aromatic rings. The second kappa shape index (κ2) is 6.93. The van der Waals surface area contributed by atoms with Gasteiger partial charge in [-0.15, -0.1) is 5.92 Å². The van der Waals surface area contributed by atoms with Gasteiger partial charge in [0, 0.05) is 0 Å². The molecule has 2 unspecified atom stereocenters. The number of rotatable bonds is 4. The molecule has 1 heterocycles. The van der Waals surface area contributed by atoms with Crippen LogP contribution >= 0.6 is 0 Å². The Labute approximate surface area is 112 Å². The molecule has 1 aliphatic rings. The minimum atomic E-state index is -0.918. The van der Waals surface area contributed by atoms with Crippen molar-refractivity contribution < 1.29 is 13.9 Å². The van der Waals surface area contributed by atoms with Crippen LogP contribution in [0.1, 0.15) is 32.6 Å². The summed E-state index contributed by atoms with van der Waals surface area (Å²) in [5.74, 6) is 6.23. The van der Waals surface area contributed by atoms with Gasteiger partial charge in [0.15, 0.2) is 6.61 Å². The van der Waals surface area contributed by atoms with Crippen molar-refractivity contribution in [2.75, 3.05) is 6.61 Å². The Morgan fingerprint density at radius 3 is 2.89 bits per heavy atom. The van der Waals surface area contributed by atoms with Gasteiger partial charge in [-0.1, -0.05) is 12.3 Å². The van der Waals surface area contributed by atoms with Gasteiger partial charge in [0.2, 0.25) is 11.8 Å². The predicted octanol–water partition coefficient (Wildman–Crippen LogP) is 2.54. The molecule has 0 spiro atoms. The SMILES string of the molecule is CC#CCOc1cc(OC2CCCCC2F)ncn1. The minimum Gasteiger partial charge on any atom is -0.471 e. The first-order valence-corrected chi connectivity index (χ1v) is 6.45. The van der Waals surface area contributed by atoms with Gasteiger partial charge in [0.1, 0.15) is 18.6 Å². The largest absolute Gasteiger partial charge is 0.471 e. The van der Waals surface area contributed by atoms with Crippen LogP contribution in [-0.4, -0.2) is 28.9 Å². The molecule has 0 bridgehead atoms. The topological polar surface area (TPSA) is 44.2 Å². The fourth-order valence-corrected chi connectivity index (χ4v) is 1.99. The Balaban J connectivity index is 1.95. The fraction of sp³-hybridized carbons (Fsp3) is 0.571. The van der Waals surface area contributed by atoms with Crippen LogP contribution in [0.3, 0.4) is 0 Å². The third-order valence-electron chi connectivity index (χ3n) is 2.98. The van der Waals surface area contributed by atoms with Crippen LogP contribution in [0.4, 0.5) is 4.39 Å². The van der Waals surface area contributed by atoms with Gasteiger partial charge < -0.3 is 9.47 Å². The zero-order valence-electron chi connectivity index (χ0n) is 10.9. The number of hydrogen-bond acceptors (Lipinski definition) is 4. The Bertz CT molecular complexity index is 470. The van der Waals surface area contributed by atoms with Crippen LogP contribution in [0, 0.1) is 11.8 Å². The summed E-state index contributed by atoms with van der Waals surface area (Å²) in [5, 5.41) is 0. The monoisotopic (exact) mass is 264 g/mol. The molecule has 0 saturated heterocycles. The number of nitrogens with zero attached hydrogens (tertiary/aromatic N) is 2. The van der Waals surface area contributed by atoms with E-state index in [9.17, 15) is 4.39 Å². The van der Waals surface area contributed by atoms with E-state index in [0.29, 0.717) is 18.2 Å². The molecular formula is C14H17FN2O2. The van der Waals surface area contributed by atoms with Gasteiger partial charge in [-0.05, 0) is 26.2 Å². The van der Waals surface area contributed by atoms with Crippen molar-refractivity contribution in [3.05, 3.63) is 12.4 Å². The third kappa shape index (κ3) is 4.09. The summed E-state index contributed by atoms with van der Waals surface area (Å²) < 4.78 is 24.5. The number of aromatic nitrogens is 2. The molecular weight excluding hydrogens is 247 g/mol. The molecule has 0 N–H and O–H groups in total. The average Bonchev–Trinajstić information content (AvgIpc) is 2.42. The second-order valence-electron chi connectivity index (χ2n) is 4.37. The van der Waals surface area contributed by atoms with E-state index in [-0.39, 0.29) is 6.61 Å². The Kier molecular flexibility index (Phi) is 4.96. The molecule has 1 aromatic heterocycles. The van der Waals surface area contributed by atoms with Crippen LogP contribution in [0.25, 0.3) is 0 Å². The fourth-order valence-electron chi connectivity index (χ4n) is 1.99. The lowest BCUT2D eigenvalue weighted by Crippen LogP contribution is -2.31. The molecule has 1 fully saturated rings. The highest BCUT2D eigenvalue weighted by Gasteiger charge is 2.26. The molecule has 1 saturated carbocycles. The summed E-state index contributed by atoms with van der Waals surface area (Å²) in [6, 6.07) is 1.57. The maximum atomic E-state index is 13.7. The molecule has 2 atom stereocenters. The highest BCUT2D eigenvalue weighted by atomic mass is 19.1. The lowest BCUT2D eigenvalue weighted by molar-refractivity contribution is 0.0597. The second-order valence-corrected chi connectivity index (χ2v) is 4.37. The molecule has 0 aliphatic heterocycles. The minimum absolute atomic E-state index is 0.266. The molecule has 0 radical (unpaired) electrons. The number of ether oxygens (including phenoxy) is 2. The number of alkyl halides is 1. The molecule has 0 amide bonds. The van der Waals surface area contributed by atoms with Gasteiger partial charge >= 0.3 is 0 Å². The van der Waals surface area contributed by atoms with Crippen molar-refractivity contribution >= 4 is 0 Å². The van der Waals surface area contributed by atoms with Crippen molar-refractivity contribution in [2.24, 2.45) is 0 Å². The van der Waals surface area contributed by atoms with Crippen molar-refractivity contribution in [3.63, 3.8) is 0 Å². The number of halogens is 1. The Hall–Kier alpha value is -1.83. The van der Waals surface area contributed by atoms with Crippen LogP contribution in [0.15, 0.2) is 12.4 Å². The van der Waals surface area contributed by atoms with Crippen molar-refractivity contribution in [1.29, 1.82) is 0 Å². The van der Waals surface area contributed by atoms with E-state index in [1.165, 1.54) is 6.33 Å². The molecule has 2 rings (SSSR count). The zero-order valence-corrected chi connectivity index (χ0v) is 10.9. The quantitative estimate of drug-likeness (QED) is 0.784. The normalized spacial score (nSPS) is 22.2. The summed E-state index contributed by atoms with van der Waals surface area (Å²) in [5.41, 5.74) is 0. The van der Waals surface area contributed by atoms with E-state index in [1.54, 1.807) is 13.0 Å². The summed E-state index contributed by atoms with van der Waals surface area (Å²) in [4.78, 5) is 7.93. The zero-order chi connectivity index (χ0) is 13.5. The highest BCUT2D eigenvalue weighted by molar-refractivity contribution is 5.19. The van der Waals surface area contributed by atoms with E-state index >= 15 is 0 Å². The van der Waals surface area contributed by atoms with Gasteiger partial charge in [-0.3, -0.25) is 0 Å². The maximum absolute atomic E-state index is 13.7. The Morgan fingerprint density at radius 2 is 2.11 bits per heavy atom. The third-order valence-corrected chi connectivity index (χ3v) is 2.98. The van der Waals surface area contributed by atoms with Crippen LogP contribution in [0.5, 0.6) is 11.8 Å². The first kappa shape index (κ1) is 13.6. The van der Waals surface area contributed by atoms with Gasteiger partial charge in [0.05, 0.1) is 6.07 Å². The standard InChI is InChI=1S/C14H17FN2O2/c1-2-3-8-18-13-9-14(17-10-16-13)19-12-7-5-4-6-11(12)15/h9-12H,4-8H2,1H3. The van der Waals surface area contributed by atoms with Crippen LogP contribution in [0.2, 0.25) is 0 Å². The number of hydrogen-bond donors (Lipinski definition) is 0. The molecule has 1 aliphatic carbocycles. The summed E-state index contributed by atoms with van der Waals surface area (Å²) >= 11 is 0. The van der Waals surface area contributed by atoms with E-state index in [2.05, 4.69) is 21.8 Å².